The first-order valence-corrected chi connectivity index (χ1v) is 9.04. The fourth-order valence-corrected chi connectivity index (χ4v) is 2.75. The lowest BCUT2D eigenvalue weighted by Gasteiger charge is -2.06. The van der Waals surface area contributed by atoms with E-state index in [4.69, 9.17) is 9.84 Å². The average molecular weight is 392 g/mol. The van der Waals surface area contributed by atoms with Crippen LogP contribution in [0, 0.1) is 0 Å². The van der Waals surface area contributed by atoms with E-state index in [2.05, 4.69) is 10.3 Å². The molecule has 0 radical (unpaired) electrons. The number of carbonyl (C=O) groups is 2. The number of pyridine rings is 1. The van der Waals surface area contributed by atoms with E-state index in [1.165, 1.54) is 6.20 Å². The number of carbonyl (C=O) groups excluding carboxylic acids is 1. The Morgan fingerprint density at radius 3 is 2.69 bits per heavy atom. The summed E-state index contributed by atoms with van der Waals surface area (Å²) in [7, 11) is 0. The standard InChI is InChI=1S/C22H20N2O5/c25-20-17-10-9-15(12-19(17)24-13-18(20)21(26)27)6-4-5-11-23-22(28)29-14-16-7-2-1-3-8-16/h1-4,6-10,12-13H,5,11,14H2,(H,23,28)(H,24,25)(H,26,27). The molecule has 1 aromatic heterocycles. The van der Waals surface area contributed by atoms with Crippen molar-refractivity contribution in [2.45, 2.75) is 13.0 Å². The number of aromatic nitrogens is 1. The average Bonchev–Trinajstić information content (AvgIpc) is 2.72. The largest absolute Gasteiger partial charge is 0.477 e. The second-order valence-corrected chi connectivity index (χ2v) is 6.32. The molecule has 29 heavy (non-hydrogen) atoms. The number of nitrogens with one attached hydrogen (secondary N) is 2. The Morgan fingerprint density at radius 2 is 1.93 bits per heavy atom. The Labute approximate surface area is 166 Å². The number of ether oxygens (including phenoxy) is 1. The van der Waals surface area contributed by atoms with Gasteiger partial charge in [0.05, 0.1) is 0 Å². The van der Waals surface area contributed by atoms with Crippen molar-refractivity contribution in [2.24, 2.45) is 0 Å². The summed E-state index contributed by atoms with van der Waals surface area (Å²) in [6.45, 7) is 0.651. The highest BCUT2D eigenvalue weighted by Crippen LogP contribution is 2.13. The number of carboxylic acids is 1. The van der Waals surface area contributed by atoms with Crippen LogP contribution in [0.15, 0.2) is 65.6 Å². The van der Waals surface area contributed by atoms with E-state index in [1.807, 2.05) is 42.5 Å². The van der Waals surface area contributed by atoms with Gasteiger partial charge in [-0.1, -0.05) is 48.6 Å². The van der Waals surface area contributed by atoms with Gasteiger partial charge in [-0.3, -0.25) is 4.79 Å². The number of aromatic amines is 1. The first kappa shape index (κ1) is 19.9. The summed E-state index contributed by atoms with van der Waals surface area (Å²) in [5.74, 6) is -1.26. The molecular formula is C22H20N2O5. The van der Waals surface area contributed by atoms with E-state index in [-0.39, 0.29) is 12.2 Å². The van der Waals surface area contributed by atoms with Gasteiger partial charge in [0.2, 0.25) is 5.43 Å². The molecule has 0 unspecified atom stereocenters. The van der Waals surface area contributed by atoms with Gasteiger partial charge in [-0.05, 0) is 29.7 Å². The number of aromatic carboxylic acids is 1. The lowest BCUT2D eigenvalue weighted by molar-refractivity contribution is 0.0695. The van der Waals surface area contributed by atoms with Crippen LogP contribution in [0.1, 0.15) is 27.9 Å². The third-order valence-corrected chi connectivity index (χ3v) is 4.24. The van der Waals surface area contributed by atoms with Crippen LogP contribution in [0.5, 0.6) is 0 Å². The normalized spacial score (nSPS) is 10.9. The second-order valence-electron chi connectivity index (χ2n) is 6.32. The lowest BCUT2D eigenvalue weighted by Crippen LogP contribution is -2.24. The predicted octanol–water partition coefficient (Wildman–Crippen LogP) is 3.56. The zero-order valence-electron chi connectivity index (χ0n) is 15.6. The molecule has 0 saturated heterocycles. The SMILES string of the molecule is O=C(NCCC=Cc1ccc2c(=O)c(C(=O)O)c[nH]c2c1)OCc1ccccc1. The quantitative estimate of drug-likeness (QED) is 0.533. The number of hydrogen-bond donors (Lipinski definition) is 3. The molecule has 7 heteroatoms. The first-order valence-electron chi connectivity index (χ1n) is 9.04. The van der Waals surface area contributed by atoms with Gasteiger partial charge in [-0.15, -0.1) is 0 Å². The van der Waals surface area contributed by atoms with Gasteiger partial charge >= 0.3 is 12.1 Å². The van der Waals surface area contributed by atoms with Crippen molar-refractivity contribution in [1.29, 1.82) is 0 Å². The summed E-state index contributed by atoms with van der Waals surface area (Å²) in [6, 6.07) is 14.5. The summed E-state index contributed by atoms with van der Waals surface area (Å²) >= 11 is 0. The highest BCUT2D eigenvalue weighted by atomic mass is 16.5. The van der Waals surface area contributed by atoms with Crippen molar-refractivity contribution in [3.8, 4) is 0 Å². The summed E-state index contributed by atoms with van der Waals surface area (Å²) < 4.78 is 5.13. The molecule has 0 spiro atoms. The Balaban J connectivity index is 1.49. The molecule has 3 aromatic rings. The van der Waals surface area contributed by atoms with Crippen LogP contribution < -0.4 is 10.7 Å². The van der Waals surface area contributed by atoms with Crippen LogP contribution in [0.2, 0.25) is 0 Å². The number of amides is 1. The molecule has 0 bridgehead atoms. The van der Waals surface area contributed by atoms with Crippen LogP contribution in [0.25, 0.3) is 17.0 Å². The molecule has 0 aliphatic rings. The first-order chi connectivity index (χ1) is 14.0. The maximum atomic E-state index is 12.1. The number of rotatable bonds is 7. The number of H-pyrrole nitrogens is 1. The molecule has 1 heterocycles. The minimum atomic E-state index is -1.26. The van der Waals surface area contributed by atoms with E-state index in [1.54, 1.807) is 18.2 Å². The summed E-state index contributed by atoms with van der Waals surface area (Å²) in [4.78, 5) is 37.7. The molecule has 3 rings (SSSR count). The molecule has 1 amide bonds. The van der Waals surface area contributed by atoms with Crippen molar-refractivity contribution in [1.82, 2.24) is 10.3 Å². The molecule has 148 valence electrons. The fraction of sp³-hybridized carbons (Fsp3) is 0.136. The van der Waals surface area contributed by atoms with E-state index in [9.17, 15) is 14.4 Å². The summed E-state index contributed by atoms with van der Waals surface area (Å²) in [5.41, 5.74) is 1.53. The lowest BCUT2D eigenvalue weighted by atomic mass is 10.1. The monoisotopic (exact) mass is 392 g/mol. The van der Waals surface area contributed by atoms with Crippen molar-refractivity contribution >= 4 is 29.0 Å². The van der Waals surface area contributed by atoms with Gasteiger partial charge < -0.3 is 20.1 Å². The van der Waals surface area contributed by atoms with Gasteiger partial charge in [0.15, 0.2) is 0 Å². The number of alkyl carbamates (subject to hydrolysis) is 1. The summed E-state index contributed by atoms with van der Waals surface area (Å²) in [6.07, 6.45) is 5.08. The smallest absolute Gasteiger partial charge is 0.407 e. The van der Waals surface area contributed by atoms with E-state index in [0.29, 0.717) is 23.9 Å². The molecular weight excluding hydrogens is 372 g/mol. The van der Waals surface area contributed by atoms with Gasteiger partial charge in [0.25, 0.3) is 0 Å². The maximum absolute atomic E-state index is 12.1. The highest BCUT2D eigenvalue weighted by Gasteiger charge is 2.11. The molecule has 2 aromatic carbocycles. The van der Waals surface area contributed by atoms with E-state index < -0.39 is 17.5 Å². The number of fused-ring (bicyclic) bond motifs is 1. The predicted molar refractivity (Wildman–Crippen MR) is 110 cm³/mol. The zero-order valence-corrected chi connectivity index (χ0v) is 15.6. The zero-order chi connectivity index (χ0) is 20.6. The van der Waals surface area contributed by atoms with Crippen LogP contribution >= 0.6 is 0 Å². The van der Waals surface area contributed by atoms with E-state index in [0.717, 1.165) is 11.1 Å². The topological polar surface area (TPSA) is 108 Å². The highest BCUT2D eigenvalue weighted by molar-refractivity contribution is 5.92. The van der Waals surface area contributed by atoms with Gasteiger partial charge in [-0.2, -0.15) is 0 Å². The van der Waals surface area contributed by atoms with Gasteiger partial charge in [-0.25, -0.2) is 9.59 Å². The second kappa shape index (κ2) is 9.36. The number of carboxylic acid groups (broad SMARTS) is 1. The van der Waals surface area contributed by atoms with Crippen molar-refractivity contribution in [3.63, 3.8) is 0 Å². The molecule has 0 fully saturated rings. The Morgan fingerprint density at radius 1 is 1.14 bits per heavy atom. The summed E-state index contributed by atoms with van der Waals surface area (Å²) in [5, 5.41) is 12.0. The molecule has 0 saturated carbocycles. The fourth-order valence-electron chi connectivity index (χ4n) is 2.75. The molecule has 0 aliphatic carbocycles. The van der Waals surface area contributed by atoms with Crippen molar-refractivity contribution in [3.05, 3.63) is 87.7 Å². The maximum Gasteiger partial charge on any atom is 0.407 e. The Kier molecular flexibility index (Phi) is 6.42. The van der Waals surface area contributed by atoms with Gasteiger partial charge in [0, 0.05) is 23.6 Å². The Bertz CT molecular complexity index is 1100. The number of benzene rings is 2. The van der Waals surface area contributed by atoms with Crippen LogP contribution in [-0.4, -0.2) is 28.7 Å². The molecule has 0 aliphatic heterocycles. The number of hydrogen-bond acceptors (Lipinski definition) is 4. The van der Waals surface area contributed by atoms with E-state index >= 15 is 0 Å². The Hall–Kier alpha value is -3.87. The minimum absolute atomic E-state index is 0.224. The van der Waals surface area contributed by atoms with Crippen LogP contribution in [-0.2, 0) is 11.3 Å². The third-order valence-electron chi connectivity index (χ3n) is 4.24. The van der Waals surface area contributed by atoms with Crippen molar-refractivity contribution < 1.29 is 19.4 Å². The molecule has 7 nitrogen and oxygen atoms in total. The third kappa shape index (κ3) is 5.32. The van der Waals surface area contributed by atoms with Crippen LogP contribution in [0.4, 0.5) is 4.79 Å². The van der Waals surface area contributed by atoms with Gasteiger partial charge in [0.1, 0.15) is 12.2 Å². The molecule has 0 atom stereocenters. The molecule has 3 N–H and O–H groups in total. The minimum Gasteiger partial charge on any atom is -0.477 e. The van der Waals surface area contributed by atoms with Crippen molar-refractivity contribution in [2.75, 3.05) is 6.54 Å². The van der Waals surface area contributed by atoms with Crippen LogP contribution in [0.3, 0.4) is 0 Å².